The summed E-state index contributed by atoms with van der Waals surface area (Å²) in [5.74, 6) is 1.77. The minimum atomic E-state index is -0.417. The molecule has 9 heteroatoms. The number of aromatic nitrogens is 2. The van der Waals surface area contributed by atoms with Gasteiger partial charge >= 0.3 is 11.7 Å². The number of rotatable bonds is 5. The summed E-state index contributed by atoms with van der Waals surface area (Å²) in [6.45, 7) is 6.17. The lowest BCUT2D eigenvalue weighted by Gasteiger charge is -2.36. The fourth-order valence-corrected chi connectivity index (χ4v) is 5.07. The molecule has 2 aliphatic heterocycles. The van der Waals surface area contributed by atoms with Gasteiger partial charge in [0.1, 0.15) is 5.82 Å². The predicted molar refractivity (Wildman–Crippen MR) is 123 cm³/mol. The van der Waals surface area contributed by atoms with Gasteiger partial charge in [0.25, 0.3) is 0 Å². The zero-order chi connectivity index (χ0) is 22.1. The molecule has 3 heterocycles. The SMILES string of the molecule is NC1CC2CN(CCc3ccc(-n4ccc(NC(=O)N5CCNCC5)nc4=O)cc3)CC12. The van der Waals surface area contributed by atoms with Crippen molar-refractivity contribution in [1.29, 1.82) is 0 Å². The van der Waals surface area contributed by atoms with Crippen LogP contribution in [0.3, 0.4) is 0 Å². The second kappa shape index (κ2) is 9.01. The van der Waals surface area contributed by atoms with E-state index in [0.29, 0.717) is 25.0 Å². The summed E-state index contributed by atoms with van der Waals surface area (Å²) in [7, 11) is 0. The number of nitrogens with one attached hydrogen (secondary N) is 2. The number of likely N-dealkylation sites (tertiary alicyclic amines) is 1. The fraction of sp³-hybridized carbons (Fsp3) is 0.522. The van der Waals surface area contributed by atoms with Gasteiger partial charge in [0, 0.05) is 58.1 Å². The largest absolute Gasteiger partial charge is 0.354 e. The quantitative estimate of drug-likeness (QED) is 0.628. The van der Waals surface area contributed by atoms with Crippen molar-refractivity contribution in [2.45, 2.75) is 18.9 Å². The molecule has 1 aliphatic carbocycles. The van der Waals surface area contributed by atoms with Crippen molar-refractivity contribution in [1.82, 2.24) is 24.7 Å². The minimum absolute atomic E-state index is 0.228. The molecule has 1 aromatic carbocycles. The zero-order valence-electron chi connectivity index (χ0n) is 18.2. The number of anilines is 1. The Labute approximate surface area is 187 Å². The van der Waals surface area contributed by atoms with Crippen molar-refractivity contribution >= 4 is 11.8 Å². The van der Waals surface area contributed by atoms with Crippen LogP contribution in [0.4, 0.5) is 10.6 Å². The number of carbonyl (C=O) groups excluding carboxylic acids is 1. The van der Waals surface area contributed by atoms with Crippen molar-refractivity contribution in [3.8, 4) is 5.69 Å². The standard InChI is InChI=1S/C23H31N7O2/c24-20-13-17-14-28(15-19(17)20)9-5-16-1-3-18(4-2-16)30-10-6-21(27-23(30)32)26-22(31)29-11-7-25-8-12-29/h1-4,6,10,17,19-20,25H,5,7-9,11-15,24H2,(H,26,27,31,32). The lowest BCUT2D eigenvalue weighted by molar-refractivity contribution is 0.194. The van der Waals surface area contributed by atoms with E-state index in [0.717, 1.165) is 44.2 Å². The van der Waals surface area contributed by atoms with Crippen LogP contribution >= 0.6 is 0 Å². The molecule has 2 aromatic rings. The van der Waals surface area contributed by atoms with Crippen LogP contribution in [0.15, 0.2) is 41.3 Å². The van der Waals surface area contributed by atoms with Crippen molar-refractivity contribution < 1.29 is 4.79 Å². The van der Waals surface area contributed by atoms with Gasteiger partial charge < -0.3 is 20.9 Å². The third-order valence-corrected chi connectivity index (χ3v) is 7.07. The number of nitrogens with two attached hydrogens (primary N) is 1. The molecule has 0 spiro atoms. The Morgan fingerprint density at radius 1 is 1.16 bits per heavy atom. The highest BCUT2D eigenvalue weighted by atomic mass is 16.2. The molecule has 3 atom stereocenters. The zero-order valence-corrected chi connectivity index (χ0v) is 18.2. The second-order valence-electron chi connectivity index (χ2n) is 9.13. The van der Waals surface area contributed by atoms with Crippen LogP contribution in [-0.4, -0.2) is 77.2 Å². The van der Waals surface area contributed by atoms with Gasteiger partial charge in [-0.2, -0.15) is 4.98 Å². The van der Waals surface area contributed by atoms with E-state index >= 15 is 0 Å². The molecule has 0 bridgehead atoms. The van der Waals surface area contributed by atoms with Crippen LogP contribution in [0.1, 0.15) is 12.0 Å². The number of urea groups is 1. The van der Waals surface area contributed by atoms with E-state index in [9.17, 15) is 9.59 Å². The van der Waals surface area contributed by atoms with E-state index in [4.69, 9.17) is 5.73 Å². The van der Waals surface area contributed by atoms with E-state index < -0.39 is 5.69 Å². The van der Waals surface area contributed by atoms with Crippen LogP contribution in [0.2, 0.25) is 0 Å². The Bertz CT molecular complexity index is 1020. The summed E-state index contributed by atoms with van der Waals surface area (Å²) >= 11 is 0. The molecule has 9 nitrogen and oxygen atoms in total. The van der Waals surface area contributed by atoms with Crippen LogP contribution in [0.25, 0.3) is 5.69 Å². The van der Waals surface area contributed by atoms with Crippen LogP contribution in [-0.2, 0) is 6.42 Å². The molecule has 32 heavy (non-hydrogen) atoms. The number of carbonyl (C=O) groups is 1. The Morgan fingerprint density at radius 2 is 1.94 bits per heavy atom. The van der Waals surface area contributed by atoms with Gasteiger partial charge in [-0.15, -0.1) is 0 Å². The average Bonchev–Trinajstić information content (AvgIpc) is 3.15. The number of hydrogen-bond acceptors (Lipinski definition) is 6. The minimum Gasteiger partial charge on any atom is -0.327 e. The maximum absolute atomic E-state index is 12.5. The van der Waals surface area contributed by atoms with E-state index in [1.165, 1.54) is 23.1 Å². The molecule has 4 N–H and O–H groups in total. The van der Waals surface area contributed by atoms with Gasteiger partial charge in [-0.3, -0.25) is 9.88 Å². The highest BCUT2D eigenvalue weighted by Gasteiger charge is 2.44. The van der Waals surface area contributed by atoms with E-state index in [1.807, 2.05) is 12.1 Å². The number of hydrogen-bond donors (Lipinski definition) is 3. The number of benzene rings is 1. The van der Waals surface area contributed by atoms with Crippen molar-refractivity contribution in [3.05, 3.63) is 52.6 Å². The first-order valence-corrected chi connectivity index (χ1v) is 11.5. The summed E-state index contributed by atoms with van der Waals surface area (Å²) in [4.78, 5) is 33.1. The number of piperazine rings is 1. The molecule has 1 saturated carbocycles. The highest BCUT2D eigenvalue weighted by molar-refractivity contribution is 5.88. The third kappa shape index (κ3) is 4.41. The van der Waals surface area contributed by atoms with Crippen LogP contribution in [0, 0.1) is 11.8 Å². The summed E-state index contributed by atoms with van der Waals surface area (Å²) in [6.07, 6.45) is 3.82. The third-order valence-electron chi connectivity index (χ3n) is 7.07. The molecular formula is C23H31N7O2. The van der Waals surface area contributed by atoms with Crippen LogP contribution < -0.4 is 22.1 Å². The lowest BCUT2D eigenvalue weighted by Crippen LogP contribution is -2.48. The molecule has 5 rings (SSSR count). The Morgan fingerprint density at radius 3 is 2.62 bits per heavy atom. The lowest BCUT2D eigenvalue weighted by atomic mass is 9.72. The normalized spacial score (nSPS) is 25.3. The molecule has 170 valence electrons. The first kappa shape index (κ1) is 21.1. The van der Waals surface area contributed by atoms with Gasteiger partial charge in [-0.25, -0.2) is 9.59 Å². The Kier molecular flexibility index (Phi) is 5.95. The monoisotopic (exact) mass is 437 g/mol. The smallest absolute Gasteiger partial charge is 0.327 e. The van der Waals surface area contributed by atoms with Crippen molar-refractivity contribution in [2.75, 3.05) is 51.1 Å². The van der Waals surface area contributed by atoms with Gasteiger partial charge in [0.05, 0.1) is 5.69 Å². The number of amides is 2. The van der Waals surface area contributed by atoms with E-state index in [1.54, 1.807) is 17.2 Å². The van der Waals surface area contributed by atoms with Gasteiger partial charge in [-0.1, -0.05) is 12.1 Å². The Balaban J connectivity index is 1.17. The Hall–Kier alpha value is -2.75. The van der Waals surface area contributed by atoms with Crippen molar-refractivity contribution in [2.24, 2.45) is 17.6 Å². The maximum Gasteiger partial charge on any atom is 0.354 e. The molecule has 2 amide bonds. The summed E-state index contributed by atoms with van der Waals surface area (Å²) < 4.78 is 1.49. The summed E-state index contributed by atoms with van der Waals surface area (Å²) in [5, 5.41) is 5.92. The molecule has 0 radical (unpaired) electrons. The first-order chi connectivity index (χ1) is 15.6. The highest BCUT2D eigenvalue weighted by Crippen LogP contribution is 2.39. The number of fused-ring (bicyclic) bond motifs is 1. The van der Waals surface area contributed by atoms with Crippen LogP contribution in [0.5, 0.6) is 0 Å². The fourth-order valence-electron chi connectivity index (χ4n) is 5.07. The summed E-state index contributed by atoms with van der Waals surface area (Å²) in [6, 6.07) is 9.85. The second-order valence-corrected chi connectivity index (χ2v) is 9.13. The van der Waals surface area contributed by atoms with Gasteiger partial charge in [-0.05, 0) is 48.4 Å². The number of nitrogens with zero attached hydrogens (tertiary/aromatic N) is 4. The predicted octanol–water partition coefficient (Wildman–Crippen LogP) is 0.491. The topological polar surface area (TPSA) is 109 Å². The molecule has 3 unspecified atom stereocenters. The van der Waals surface area contributed by atoms with Crippen molar-refractivity contribution in [3.63, 3.8) is 0 Å². The molecule has 1 aromatic heterocycles. The van der Waals surface area contributed by atoms with E-state index in [2.05, 4.69) is 32.7 Å². The maximum atomic E-state index is 12.5. The first-order valence-electron chi connectivity index (χ1n) is 11.5. The molecular weight excluding hydrogens is 406 g/mol. The molecule has 2 saturated heterocycles. The van der Waals surface area contributed by atoms with Gasteiger partial charge in [0.15, 0.2) is 0 Å². The summed E-state index contributed by atoms with van der Waals surface area (Å²) in [5.41, 5.74) is 7.69. The molecule has 3 aliphatic rings. The average molecular weight is 438 g/mol. The van der Waals surface area contributed by atoms with Gasteiger partial charge in [0.2, 0.25) is 0 Å². The van der Waals surface area contributed by atoms with E-state index in [-0.39, 0.29) is 11.8 Å². The molecule has 3 fully saturated rings.